The molecule has 0 bridgehead atoms. The Bertz CT molecular complexity index is 516. The summed E-state index contributed by atoms with van der Waals surface area (Å²) in [7, 11) is 2.20. The molecule has 1 fully saturated rings. The van der Waals surface area contributed by atoms with Gasteiger partial charge in [0.05, 0.1) is 0 Å². The monoisotopic (exact) mass is 270 g/mol. The Morgan fingerprint density at radius 3 is 2.70 bits per heavy atom. The molecule has 0 spiro atoms. The van der Waals surface area contributed by atoms with Crippen LogP contribution in [0.4, 0.5) is 0 Å². The summed E-state index contributed by atoms with van der Waals surface area (Å²) in [6.45, 7) is 14.0. The van der Waals surface area contributed by atoms with Gasteiger partial charge in [-0.2, -0.15) is 0 Å². The Kier molecular flexibility index (Phi) is 4.66. The number of hydrogen-bond acceptors (Lipinski definition) is 2. The van der Waals surface area contributed by atoms with Gasteiger partial charge in [0.1, 0.15) is 0 Å². The zero-order valence-corrected chi connectivity index (χ0v) is 13.2. The summed E-state index contributed by atoms with van der Waals surface area (Å²) in [4.78, 5) is 4.82. The fourth-order valence-corrected chi connectivity index (χ4v) is 2.70. The van der Waals surface area contributed by atoms with Crippen LogP contribution >= 0.6 is 0 Å². The third-order valence-corrected chi connectivity index (χ3v) is 4.29. The molecule has 2 heteroatoms. The van der Waals surface area contributed by atoms with Crippen molar-refractivity contribution < 1.29 is 0 Å². The summed E-state index contributed by atoms with van der Waals surface area (Å²) in [5.41, 5.74) is 4.99. The van der Waals surface area contributed by atoms with Crippen molar-refractivity contribution in [2.24, 2.45) is 0 Å². The minimum atomic E-state index is 0.587. The third kappa shape index (κ3) is 3.13. The zero-order chi connectivity index (χ0) is 14.7. The lowest BCUT2D eigenvalue weighted by atomic mass is 10.0. The average Bonchev–Trinajstić information content (AvgIpc) is 2.43. The highest BCUT2D eigenvalue weighted by Crippen LogP contribution is 2.23. The topological polar surface area (TPSA) is 6.48 Å². The second kappa shape index (κ2) is 6.27. The van der Waals surface area contributed by atoms with Crippen LogP contribution in [-0.2, 0) is 0 Å². The molecule has 1 aliphatic heterocycles. The Morgan fingerprint density at radius 1 is 1.35 bits per heavy atom. The maximum Gasteiger partial charge on any atom is 0.0367 e. The predicted octanol–water partition coefficient (Wildman–Crippen LogP) is 3.63. The fourth-order valence-electron chi connectivity index (χ4n) is 2.70. The van der Waals surface area contributed by atoms with E-state index < -0.39 is 0 Å². The van der Waals surface area contributed by atoms with Crippen LogP contribution < -0.4 is 0 Å². The Labute approximate surface area is 123 Å². The van der Waals surface area contributed by atoms with Gasteiger partial charge in [-0.3, -0.25) is 0 Å². The van der Waals surface area contributed by atoms with Gasteiger partial charge >= 0.3 is 0 Å². The van der Waals surface area contributed by atoms with Crippen LogP contribution in [0.25, 0.3) is 11.8 Å². The quantitative estimate of drug-likeness (QED) is 0.827. The van der Waals surface area contributed by atoms with Gasteiger partial charge in [-0.1, -0.05) is 30.9 Å². The lowest BCUT2D eigenvalue weighted by Gasteiger charge is -2.40. The van der Waals surface area contributed by atoms with E-state index in [9.17, 15) is 0 Å². The van der Waals surface area contributed by atoms with E-state index in [4.69, 9.17) is 0 Å². The highest BCUT2D eigenvalue weighted by Gasteiger charge is 2.21. The first-order chi connectivity index (χ1) is 9.52. The summed E-state index contributed by atoms with van der Waals surface area (Å²) in [5, 5.41) is 0. The van der Waals surface area contributed by atoms with E-state index in [-0.39, 0.29) is 0 Å². The van der Waals surface area contributed by atoms with Crippen LogP contribution in [0, 0.1) is 6.92 Å². The second-order valence-electron chi connectivity index (χ2n) is 5.79. The molecule has 2 rings (SSSR count). The molecule has 0 aliphatic carbocycles. The van der Waals surface area contributed by atoms with Gasteiger partial charge in [0, 0.05) is 31.4 Å². The summed E-state index contributed by atoms with van der Waals surface area (Å²) in [6, 6.07) is 7.22. The average molecular weight is 270 g/mol. The lowest BCUT2D eigenvalue weighted by Crippen LogP contribution is -2.48. The zero-order valence-electron chi connectivity index (χ0n) is 13.2. The minimum Gasteiger partial charge on any atom is -0.369 e. The van der Waals surface area contributed by atoms with E-state index in [0.29, 0.717) is 6.04 Å². The Morgan fingerprint density at radius 2 is 2.10 bits per heavy atom. The van der Waals surface area contributed by atoms with Crippen LogP contribution in [0.2, 0.25) is 0 Å². The molecule has 1 saturated heterocycles. The van der Waals surface area contributed by atoms with Crippen LogP contribution in [0.3, 0.4) is 0 Å². The van der Waals surface area contributed by atoms with E-state index in [2.05, 4.69) is 74.5 Å². The highest BCUT2D eigenvalue weighted by atomic mass is 15.3. The fraction of sp³-hybridized carbons (Fsp3) is 0.444. The maximum absolute atomic E-state index is 4.31. The first-order valence-corrected chi connectivity index (χ1v) is 7.40. The molecule has 0 saturated carbocycles. The molecule has 1 aliphatic rings. The summed E-state index contributed by atoms with van der Waals surface area (Å²) >= 11 is 0. The van der Waals surface area contributed by atoms with Crippen LogP contribution in [0.5, 0.6) is 0 Å². The summed E-state index contributed by atoms with van der Waals surface area (Å²) in [6.07, 6.45) is 4.23. The number of nitrogens with zero attached hydrogens (tertiary/aromatic N) is 2. The van der Waals surface area contributed by atoms with E-state index in [1.807, 2.05) is 0 Å². The van der Waals surface area contributed by atoms with Crippen LogP contribution in [-0.4, -0.2) is 42.5 Å². The van der Waals surface area contributed by atoms with Gasteiger partial charge < -0.3 is 9.80 Å². The number of likely N-dealkylation sites (N-methyl/N-ethyl adjacent to an activating group) is 1. The third-order valence-electron chi connectivity index (χ3n) is 4.29. The van der Waals surface area contributed by atoms with Crippen molar-refractivity contribution in [1.29, 1.82) is 0 Å². The van der Waals surface area contributed by atoms with Crippen molar-refractivity contribution >= 4 is 11.8 Å². The molecule has 1 aromatic carbocycles. The normalized spacial score (nSPS) is 20.6. The lowest BCUT2D eigenvalue weighted by molar-refractivity contribution is 0.147. The largest absolute Gasteiger partial charge is 0.369 e. The van der Waals surface area contributed by atoms with Gasteiger partial charge in [-0.05, 0) is 50.6 Å². The molecule has 0 amide bonds. The predicted molar refractivity (Wildman–Crippen MR) is 88.6 cm³/mol. The Hall–Kier alpha value is -1.54. The summed E-state index contributed by atoms with van der Waals surface area (Å²) in [5.74, 6) is 0. The second-order valence-corrected chi connectivity index (χ2v) is 5.79. The van der Waals surface area contributed by atoms with Gasteiger partial charge in [0.25, 0.3) is 0 Å². The minimum absolute atomic E-state index is 0.587. The standard InChI is InChI=1S/C18H26N2/c1-6-7-17-8-9-18(12-14(17)2)16(4)20-11-10-19(5)15(3)13-20/h6-9,12,15H,4,10-11,13H2,1-3,5H3/b7-6-. The number of rotatable bonds is 3. The van der Waals surface area contributed by atoms with Gasteiger partial charge in [0.15, 0.2) is 0 Å². The highest BCUT2D eigenvalue weighted by molar-refractivity contribution is 5.66. The molecule has 1 unspecified atom stereocenters. The molecule has 108 valence electrons. The van der Waals surface area contributed by atoms with E-state index in [0.717, 1.165) is 25.3 Å². The molecule has 0 radical (unpaired) electrons. The van der Waals surface area contributed by atoms with Crippen molar-refractivity contribution in [1.82, 2.24) is 9.80 Å². The molecule has 20 heavy (non-hydrogen) atoms. The molecular weight excluding hydrogens is 244 g/mol. The van der Waals surface area contributed by atoms with Crippen molar-refractivity contribution in [3.05, 3.63) is 47.5 Å². The van der Waals surface area contributed by atoms with Gasteiger partial charge in [-0.25, -0.2) is 0 Å². The first-order valence-electron chi connectivity index (χ1n) is 7.40. The molecule has 1 aromatic rings. The number of aryl methyl sites for hydroxylation is 1. The van der Waals surface area contributed by atoms with Crippen molar-refractivity contribution in [3.8, 4) is 0 Å². The molecule has 1 heterocycles. The van der Waals surface area contributed by atoms with Crippen molar-refractivity contribution in [2.45, 2.75) is 26.8 Å². The molecule has 2 nitrogen and oxygen atoms in total. The SMILES string of the molecule is C=C(c1ccc(/C=C\C)c(C)c1)N1CCN(C)C(C)C1. The molecular formula is C18H26N2. The van der Waals surface area contributed by atoms with E-state index >= 15 is 0 Å². The Balaban J connectivity index is 2.15. The first kappa shape index (κ1) is 14.9. The van der Waals surface area contributed by atoms with Crippen molar-refractivity contribution in [3.63, 3.8) is 0 Å². The molecule has 1 atom stereocenters. The van der Waals surface area contributed by atoms with Crippen LogP contribution in [0.15, 0.2) is 30.9 Å². The molecule has 0 N–H and O–H groups in total. The van der Waals surface area contributed by atoms with Gasteiger partial charge in [-0.15, -0.1) is 0 Å². The van der Waals surface area contributed by atoms with E-state index in [1.54, 1.807) is 0 Å². The maximum atomic E-state index is 4.31. The van der Waals surface area contributed by atoms with Gasteiger partial charge in [0.2, 0.25) is 0 Å². The van der Waals surface area contributed by atoms with Crippen molar-refractivity contribution in [2.75, 3.05) is 26.7 Å². The van der Waals surface area contributed by atoms with Crippen LogP contribution in [0.1, 0.15) is 30.5 Å². The molecule has 0 aromatic heterocycles. The number of hydrogen-bond donors (Lipinski definition) is 0. The number of piperazine rings is 1. The van der Waals surface area contributed by atoms with E-state index in [1.165, 1.54) is 16.7 Å². The number of benzene rings is 1. The number of allylic oxidation sites excluding steroid dienone is 1. The smallest absolute Gasteiger partial charge is 0.0367 e. The summed E-state index contributed by atoms with van der Waals surface area (Å²) < 4.78 is 0.